The first-order chi connectivity index (χ1) is 10.3. The molecule has 3 rings (SSSR count). The molecule has 0 saturated heterocycles. The van der Waals surface area contributed by atoms with Gasteiger partial charge in [-0.3, -0.25) is 4.79 Å². The number of carbonyl (C=O) groups is 1. The fourth-order valence-electron chi connectivity index (χ4n) is 2.20. The van der Waals surface area contributed by atoms with Gasteiger partial charge in [0.15, 0.2) is 11.5 Å². The predicted molar refractivity (Wildman–Crippen MR) is 76.2 cm³/mol. The van der Waals surface area contributed by atoms with Crippen molar-refractivity contribution in [2.75, 3.05) is 13.3 Å². The number of amides is 1. The molecule has 2 heterocycles. The third-order valence-corrected chi connectivity index (χ3v) is 3.32. The number of ether oxygens (including phenoxy) is 2. The lowest BCUT2D eigenvalue weighted by Crippen LogP contribution is -2.26. The molecule has 0 fully saturated rings. The monoisotopic (exact) mass is 287 g/mol. The number of benzene rings is 1. The van der Waals surface area contributed by atoms with Gasteiger partial charge in [-0.15, -0.1) is 0 Å². The highest BCUT2D eigenvalue weighted by atomic mass is 16.7. The molecule has 0 unspecified atom stereocenters. The second-order valence-electron chi connectivity index (χ2n) is 4.82. The van der Waals surface area contributed by atoms with Gasteiger partial charge in [-0.05, 0) is 24.1 Å². The van der Waals surface area contributed by atoms with Crippen molar-refractivity contribution in [2.24, 2.45) is 0 Å². The fraction of sp³-hybridized carbons (Fsp3) is 0.333. The number of hydrogen-bond donors (Lipinski definition) is 2. The highest BCUT2D eigenvalue weighted by Gasteiger charge is 2.13. The van der Waals surface area contributed by atoms with E-state index in [-0.39, 0.29) is 12.7 Å². The maximum absolute atomic E-state index is 11.8. The molecule has 0 bridgehead atoms. The van der Waals surface area contributed by atoms with Crippen LogP contribution in [0.15, 0.2) is 30.6 Å². The van der Waals surface area contributed by atoms with E-state index >= 15 is 0 Å². The number of nitrogens with zero attached hydrogens (tertiary/aromatic N) is 1. The maximum atomic E-state index is 11.8. The van der Waals surface area contributed by atoms with E-state index in [4.69, 9.17) is 9.47 Å². The number of rotatable bonds is 6. The van der Waals surface area contributed by atoms with E-state index in [1.165, 1.54) is 0 Å². The minimum atomic E-state index is 0.0409. The highest BCUT2D eigenvalue weighted by molar-refractivity contribution is 5.76. The number of hydrogen-bond acceptors (Lipinski definition) is 4. The van der Waals surface area contributed by atoms with Crippen LogP contribution in [0.3, 0.4) is 0 Å². The van der Waals surface area contributed by atoms with Gasteiger partial charge in [-0.2, -0.15) is 0 Å². The lowest BCUT2D eigenvalue weighted by atomic mass is 10.1. The Balaban J connectivity index is 1.41. The zero-order chi connectivity index (χ0) is 14.5. The van der Waals surface area contributed by atoms with Crippen LogP contribution in [0.5, 0.6) is 11.5 Å². The average Bonchev–Trinajstić information content (AvgIpc) is 3.15. The molecule has 0 spiro atoms. The van der Waals surface area contributed by atoms with E-state index in [1.54, 1.807) is 12.4 Å². The highest BCUT2D eigenvalue weighted by Crippen LogP contribution is 2.32. The summed E-state index contributed by atoms with van der Waals surface area (Å²) in [5.74, 6) is 2.44. The van der Waals surface area contributed by atoms with Crippen LogP contribution in [0.25, 0.3) is 0 Å². The first-order valence-corrected chi connectivity index (χ1v) is 6.95. The van der Waals surface area contributed by atoms with Crippen LogP contribution in [0.4, 0.5) is 0 Å². The Bertz CT molecular complexity index is 611. The topological polar surface area (TPSA) is 76.2 Å². The number of H-pyrrole nitrogens is 1. The molecule has 2 N–H and O–H groups in total. The summed E-state index contributed by atoms with van der Waals surface area (Å²) in [4.78, 5) is 18.9. The summed E-state index contributed by atoms with van der Waals surface area (Å²) in [6.07, 6.45) is 5.33. The number of fused-ring (bicyclic) bond motifs is 1. The third kappa shape index (κ3) is 3.53. The molecule has 1 aromatic heterocycles. The molecular weight excluding hydrogens is 270 g/mol. The summed E-state index contributed by atoms with van der Waals surface area (Å²) in [7, 11) is 0. The van der Waals surface area contributed by atoms with E-state index < -0.39 is 0 Å². The van der Waals surface area contributed by atoms with Gasteiger partial charge in [0.25, 0.3) is 0 Å². The van der Waals surface area contributed by atoms with Crippen LogP contribution in [0.2, 0.25) is 0 Å². The molecule has 1 aliphatic rings. The number of imidazole rings is 1. The predicted octanol–water partition coefficient (Wildman–Crippen LogP) is 1.43. The third-order valence-electron chi connectivity index (χ3n) is 3.32. The quantitative estimate of drug-likeness (QED) is 0.842. The minimum absolute atomic E-state index is 0.0409. The van der Waals surface area contributed by atoms with Crippen molar-refractivity contribution >= 4 is 5.91 Å². The van der Waals surface area contributed by atoms with Crippen molar-refractivity contribution in [1.29, 1.82) is 0 Å². The standard InChI is InChI=1S/C15H17N3O3/c19-15(18-6-5-14-16-7-8-17-14)4-2-11-1-3-12-13(9-11)21-10-20-12/h1,3,7-9H,2,4-6,10H2,(H,16,17)(H,18,19). The second kappa shape index (κ2) is 6.30. The Hall–Kier alpha value is -2.50. The molecule has 0 saturated carbocycles. The molecule has 21 heavy (non-hydrogen) atoms. The molecule has 110 valence electrons. The molecule has 1 aliphatic heterocycles. The largest absolute Gasteiger partial charge is 0.454 e. The number of carbonyl (C=O) groups excluding carboxylic acids is 1. The molecule has 6 nitrogen and oxygen atoms in total. The van der Waals surface area contributed by atoms with Crippen LogP contribution in [0.1, 0.15) is 17.8 Å². The van der Waals surface area contributed by atoms with Gasteiger partial charge in [0, 0.05) is 31.8 Å². The second-order valence-corrected chi connectivity index (χ2v) is 4.82. The Morgan fingerprint density at radius 3 is 3.05 bits per heavy atom. The fourth-order valence-corrected chi connectivity index (χ4v) is 2.20. The lowest BCUT2D eigenvalue weighted by Gasteiger charge is -2.05. The van der Waals surface area contributed by atoms with Gasteiger partial charge in [-0.25, -0.2) is 4.98 Å². The molecular formula is C15H17N3O3. The van der Waals surface area contributed by atoms with E-state index in [2.05, 4.69) is 15.3 Å². The van der Waals surface area contributed by atoms with Crippen LogP contribution < -0.4 is 14.8 Å². The maximum Gasteiger partial charge on any atom is 0.231 e. The summed E-state index contributed by atoms with van der Waals surface area (Å²) in [5.41, 5.74) is 1.07. The Kier molecular flexibility index (Phi) is 4.04. The van der Waals surface area contributed by atoms with Gasteiger partial charge >= 0.3 is 0 Å². The lowest BCUT2D eigenvalue weighted by molar-refractivity contribution is -0.121. The van der Waals surface area contributed by atoms with Crippen molar-refractivity contribution in [2.45, 2.75) is 19.3 Å². The van der Waals surface area contributed by atoms with E-state index in [0.29, 0.717) is 25.8 Å². The molecule has 2 aromatic rings. The van der Waals surface area contributed by atoms with E-state index in [1.807, 2.05) is 18.2 Å². The number of nitrogens with one attached hydrogen (secondary N) is 2. The van der Waals surface area contributed by atoms with Gasteiger partial charge in [0.05, 0.1) is 0 Å². The molecule has 0 atom stereocenters. The average molecular weight is 287 g/mol. The zero-order valence-electron chi connectivity index (χ0n) is 11.6. The Morgan fingerprint density at radius 1 is 1.29 bits per heavy atom. The van der Waals surface area contributed by atoms with Crippen LogP contribution in [-0.2, 0) is 17.6 Å². The van der Waals surface area contributed by atoms with Crippen molar-refractivity contribution in [3.05, 3.63) is 42.0 Å². The molecule has 0 aliphatic carbocycles. The minimum Gasteiger partial charge on any atom is -0.454 e. The van der Waals surface area contributed by atoms with E-state index in [9.17, 15) is 4.79 Å². The summed E-state index contributed by atoms with van der Waals surface area (Å²) in [5, 5.41) is 2.89. The summed E-state index contributed by atoms with van der Waals surface area (Å²) >= 11 is 0. The number of aromatic amines is 1. The molecule has 0 radical (unpaired) electrons. The summed E-state index contributed by atoms with van der Waals surface area (Å²) < 4.78 is 10.6. The summed E-state index contributed by atoms with van der Waals surface area (Å²) in [6, 6.07) is 5.77. The van der Waals surface area contributed by atoms with E-state index in [0.717, 1.165) is 22.9 Å². The van der Waals surface area contributed by atoms with Crippen molar-refractivity contribution < 1.29 is 14.3 Å². The molecule has 1 amide bonds. The van der Waals surface area contributed by atoms with Gasteiger partial charge in [0.2, 0.25) is 12.7 Å². The number of aromatic nitrogens is 2. The smallest absolute Gasteiger partial charge is 0.231 e. The summed E-state index contributed by atoms with van der Waals surface area (Å²) in [6.45, 7) is 0.861. The Morgan fingerprint density at radius 2 is 2.19 bits per heavy atom. The first-order valence-electron chi connectivity index (χ1n) is 6.95. The van der Waals surface area contributed by atoms with Crippen molar-refractivity contribution in [1.82, 2.24) is 15.3 Å². The van der Waals surface area contributed by atoms with Crippen LogP contribution in [0, 0.1) is 0 Å². The van der Waals surface area contributed by atoms with Crippen LogP contribution in [-0.4, -0.2) is 29.2 Å². The SMILES string of the molecule is O=C(CCc1ccc2c(c1)OCO2)NCCc1ncc[nH]1. The normalized spacial score (nSPS) is 12.4. The first kappa shape index (κ1) is 13.5. The number of aryl methyl sites for hydroxylation is 1. The van der Waals surface area contributed by atoms with Gasteiger partial charge in [-0.1, -0.05) is 6.07 Å². The van der Waals surface area contributed by atoms with Crippen molar-refractivity contribution in [3.8, 4) is 11.5 Å². The Labute approximate surface area is 122 Å². The molecule has 1 aromatic carbocycles. The van der Waals surface area contributed by atoms with Crippen molar-refractivity contribution in [3.63, 3.8) is 0 Å². The van der Waals surface area contributed by atoms with Crippen LogP contribution >= 0.6 is 0 Å². The van der Waals surface area contributed by atoms with Gasteiger partial charge in [0.1, 0.15) is 5.82 Å². The molecule has 6 heteroatoms. The zero-order valence-corrected chi connectivity index (χ0v) is 11.6. The van der Waals surface area contributed by atoms with Gasteiger partial charge < -0.3 is 19.8 Å².